The number of aromatic nitrogens is 1. The Bertz CT molecular complexity index is 397. The van der Waals surface area contributed by atoms with Crippen molar-refractivity contribution in [1.29, 1.82) is 0 Å². The molecule has 1 aromatic rings. The predicted molar refractivity (Wildman–Crippen MR) is 71.8 cm³/mol. The minimum absolute atomic E-state index is 0.0694. The third-order valence-electron chi connectivity index (χ3n) is 2.68. The quantitative estimate of drug-likeness (QED) is 0.736. The van der Waals surface area contributed by atoms with Crippen LogP contribution in [0.25, 0.3) is 0 Å². The molecule has 0 spiro atoms. The molecule has 1 aliphatic rings. The lowest BCUT2D eigenvalue weighted by molar-refractivity contribution is 0.0768. The Kier molecular flexibility index (Phi) is 4.29. The van der Waals surface area contributed by atoms with E-state index in [1.165, 1.54) is 0 Å². The highest BCUT2D eigenvalue weighted by atomic mass is 35.5. The molecule has 0 N–H and O–H groups in total. The maximum absolute atomic E-state index is 12.3. The van der Waals surface area contributed by atoms with Crippen molar-refractivity contribution in [3.63, 3.8) is 0 Å². The van der Waals surface area contributed by atoms with Crippen LogP contribution in [0, 0.1) is 6.92 Å². The van der Waals surface area contributed by atoms with Crippen LogP contribution in [-0.4, -0.2) is 40.4 Å². The number of thioether (sulfide) groups is 1. The maximum Gasteiger partial charge on any atom is 0.254 e. The second-order valence-corrected chi connectivity index (χ2v) is 5.69. The molecule has 2 rings (SSSR count). The smallest absolute Gasteiger partial charge is 0.254 e. The number of amides is 1. The Morgan fingerprint density at radius 2 is 2.24 bits per heavy atom. The normalized spacial score (nSPS) is 16.7. The highest BCUT2D eigenvalue weighted by Gasteiger charge is 2.18. The largest absolute Gasteiger partial charge is 0.338 e. The average molecular weight is 271 g/mol. The number of halogens is 1. The van der Waals surface area contributed by atoms with Gasteiger partial charge in [-0.2, -0.15) is 11.8 Å². The van der Waals surface area contributed by atoms with Crippen molar-refractivity contribution in [1.82, 2.24) is 9.88 Å². The molecule has 1 aliphatic heterocycles. The second-order valence-electron chi connectivity index (χ2n) is 4.08. The van der Waals surface area contributed by atoms with Crippen LogP contribution in [0.4, 0.5) is 0 Å². The summed E-state index contributed by atoms with van der Waals surface area (Å²) in [6.45, 7) is 3.51. The van der Waals surface area contributed by atoms with Crippen LogP contribution in [0.15, 0.2) is 12.1 Å². The topological polar surface area (TPSA) is 33.2 Å². The van der Waals surface area contributed by atoms with Gasteiger partial charge in [-0.1, -0.05) is 11.6 Å². The number of carbonyl (C=O) groups is 1. The molecular weight excluding hydrogens is 256 g/mol. The van der Waals surface area contributed by atoms with Crippen molar-refractivity contribution in [2.45, 2.75) is 13.3 Å². The third kappa shape index (κ3) is 3.36. The predicted octanol–water partition coefficient (Wildman–Crippen LogP) is 2.62. The maximum atomic E-state index is 12.3. The highest BCUT2D eigenvalue weighted by Crippen LogP contribution is 2.16. The van der Waals surface area contributed by atoms with E-state index in [1.54, 1.807) is 12.1 Å². The van der Waals surface area contributed by atoms with Gasteiger partial charge in [0.25, 0.3) is 5.91 Å². The first-order valence-electron chi connectivity index (χ1n) is 5.68. The lowest BCUT2D eigenvalue weighted by atomic mass is 10.2. The van der Waals surface area contributed by atoms with E-state index in [-0.39, 0.29) is 5.91 Å². The number of carbonyl (C=O) groups excluding carboxylic acids is 1. The van der Waals surface area contributed by atoms with E-state index in [9.17, 15) is 4.79 Å². The van der Waals surface area contributed by atoms with Crippen LogP contribution >= 0.6 is 23.4 Å². The molecule has 1 fully saturated rings. The van der Waals surface area contributed by atoms with E-state index in [4.69, 9.17) is 11.6 Å². The fourth-order valence-corrected chi connectivity index (χ4v) is 3.02. The van der Waals surface area contributed by atoms with E-state index in [0.29, 0.717) is 10.7 Å². The summed E-state index contributed by atoms with van der Waals surface area (Å²) in [5.41, 5.74) is 1.43. The van der Waals surface area contributed by atoms with Crippen LogP contribution in [0.1, 0.15) is 22.5 Å². The van der Waals surface area contributed by atoms with Gasteiger partial charge in [-0.25, -0.2) is 4.98 Å². The summed E-state index contributed by atoms with van der Waals surface area (Å²) >= 11 is 7.79. The van der Waals surface area contributed by atoms with Gasteiger partial charge in [0.05, 0.1) is 0 Å². The molecule has 1 amide bonds. The van der Waals surface area contributed by atoms with E-state index in [1.807, 2.05) is 23.6 Å². The second kappa shape index (κ2) is 5.74. The molecule has 0 radical (unpaired) electrons. The van der Waals surface area contributed by atoms with E-state index >= 15 is 0 Å². The van der Waals surface area contributed by atoms with Gasteiger partial charge in [0.15, 0.2) is 0 Å². The summed E-state index contributed by atoms with van der Waals surface area (Å²) in [4.78, 5) is 18.3. The van der Waals surface area contributed by atoms with E-state index in [0.717, 1.165) is 36.7 Å². The van der Waals surface area contributed by atoms with E-state index < -0.39 is 0 Å². The van der Waals surface area contributed by atoms with Gasteiger partial charge < -0.3 is 4.90 Å². The average Bonchev–Trinajstić information content (AvgIpc) is 2.55. The fourth-order valence-electron chi connectivity index (χ4n) is 1.88. The summed E-state index contributed by atoms with van der Waals surface area (Å²) in [6.07, 6.45) is 1.06. The SMILES string of the molecule is Cc1cc(C(=O)N2CCCSCC2)cc(Cl)n1. The number of nitrogens with zero attached hydrogens (tertiary/aromatic N) is 2. The lowest BCUT2D eigenvalue weighted by Gasteiger charge is -2.20. The molecule has 5 heteroatoms. The van der Waals surface area contributed by atoms with Crippen LogP contribution in [0.2, 0.25) is 5.15 Å². The lowest BCUT2D eigenvalue weighted by Crippen LogP contribution is -2.33. The first-order valence-corrected chi connectivity index (χ1v) is 7.21. The number of hydrogen-bond donors (Lipinski definition) is 0. The Balaban J connectivity index is 2.17. The summed E-state index contributed by atoms with van der Waals surface area (Å²) < 4.78 is 0. The zero-order valence-corrected chi connectivity index (χ0v) is 11.4. The van der Waals surface area contributed by atoms with Crippen molar-refractivity contribution in [2.75, 3.05) is 24.6 Å². The van der Waals surface area contributed by atoms with Gasteiger partial charge in [-0.3, -0.25) is 4.79 Å². The van der Waals surface area contributed by atoms with Crippen LogP contribution in [0.5, 0.6) is 0 Å². The van der Waals surface area contributed by atoms with Gasteiger partial charge in [0.1, 0.15) is 5.15 Å². The fraction of sp³-hybridized carbons (Fsp3) is 0.500. The van der Waals surface area contributed by atoms with Crippen molar-refractivity contribution < 1.29 is 4.79 Å². The zero-order valence-electron chi connectivity index (χ0n) is 9.78. The third-order valence-corrected chi connectivity index (χ3v) is 3.92. The number of pyridine rings is 1. The van der Waals surface area contributed by atoms with Crippen molar-refractivity contribution in [3.05, 3.63) is 28.5 Å². The number of aryl methyl sites for hydroxylation is 1. The molecule has 2 heterocycles. The van der Waals surface area contributed by atoms with Gasteiger partial charge in [0, 0.05) is 30.1 Å². The summed E-state index contributed by atoms with van der Waals surface area (Å²) in [5, 5.41) is 0.387. The molecular formula is C12H15ClN2OS. The van der Waals surface area contributed by atoms with Crippen molar-refractivity contribution in [2.24, 2.45) is 0 Å². The molecule has 0 unspecified atom stereocenters. The van der Waals surface area contributed by atoms with Crippen LogP contribution in [-0.2, 0) is 0 Å². The molecule has 0 aliphatic carbocycles. The minimum Gasteiger partial charge on any atom is -0.338 e. The summed E-state index contributed by atoms with van der Waals surface area (Å²) in [5.74, 6) is 2.23. The first kappa shape index (κ1) is 12.7. The van der Waals surface area contributed by atoms with Gasteiger partial charge in [0.2, 0.25) is 0 Å². The molecule has 3 nitrogen and oxygen atoms in total. The Hall–Kier alpha value is -0.740. The molecule has 0 bridgehead atoms. The molecule has 0 aromatic carbocycles. The number of rotatable bonds is 1. The summed E-state index contributed by atoms with van der Waals surface area (Å²) in [7, 11) is 0. The van der Waals surface area contributed by atoms with Gasteiger partial charge >= 0.3 is 0 Å². The molecule has 0 saturated carbocycles. The van der Waals surface area contributed by atoms with Gasteiger partial charge in [-0.15, -0.1) is 0 Å². The molecule has 0 atom stereocenters. The van der Waals surface area contributed by atoms with Crippen molar-refractivity contribution >= 4 is 29.3 Å². The Morgan fingerprint density at radius 1 is 1.41 bits per heavy atom. The zero-order chi connectivity index (χ0) is 12.3. The minimum atomic E-state index is 0.0694. The molecule has 1 saturated heterocycles. The number of hydrogen-bond acceptors (Lipinski definition) is 3. The van der Waals surface area contributed by atoms with Gasteiger partial charge in [-0.05, 0) is 31.2 Å². The Morgan fingerprint density at radius 3 is 3.00 bits per heavy atom. The van der Waals surface area contributed by atoms with Crippen molar-refractivity contribution in [3.8, 4) is 0 Å². The standard InChI is InChI=1S/C12H15ClN2OS/c1-9-7-10(8-11(13)14-9)12(16)15-3-2-5-17-6-4-15/h7-8H,2-6H2,1H3. The van der Waals surface area contributed by atoms with Crippen LogP contribution in [0.3, 0.4) is 0 Å². The molecule has 17 heavy (non-hydrogen) atoms. The highest BCUT2D eigenvalue weighted by molar-refractivity contribution is 7.99. The Labute approximate surface area is 111 Å². The molecule has 92 valence electrons. The van der Waals surface area contributed by atoms with Crippen LogP contribution < -0.4 is 0 Å². The summed E-state index contributed by atoms with van der Waals surface area (Å²) in [6, 6.07) is 3.45. The molecule has 1 aromatic heterocycles. The van der Waals surface area contributed by atoms with E-state index in [2.05, 4.69) is 4.98 Å². The first-order chi connectivity index (χ1) is 8.16. The monoisotopic (exact) mass is 270 g/mol.